The molecular formula is C16H20N2OS2. The Morgan fingerprint density at radius 3 is 2.71 bits per heavy atom. The maximum Gasteiger partial charge on any atom is 0.107 e. The predicted molar refractivity (Wildman–Crippen MR) is 94.3 cm³/mol. The molecule has 2 N–H and O–H groups in total. The van der Waals surface area contributed by atoms with Gasteiger partial charge in [0.25, 0.3) is 0 Å². The number of nitrogens with two attached hydrogens (primary N) is 1. The van der Waals surface area contributed by atoms with Gasteiger partial charge in [-0.25, -0.2) is 0 Å². The number of thiocarbonyl (C=S) groups is 1. The van der Waals surface area contributed by atoms with E-state index in [-0.39, 0.29) is 0 Å². The normalized spacial score (nSPS) is 10.6. The molecule has 21 heavy (non-hydrogen) atoms. The highest BCUT2D eigenvalue weighted by Crippen LogP contribution is 2.31. The van der Waals surface area contributed by atoms with Crippen LogP contribution in [0.25, 0.3) is 0 Å². The Morgan fingerprint density at radius 1 is 1.38 bits per heavy atom. The minimum Gasteiger partial charge on any atom is -0.469 e. The van der Waals surface area contributed by atoms with Gasteiger partial charge in [0.2, 0.25) is 0 Å². The Labute approximate surface area is 135 Å². The lowest BCUT2D eigenvalue weighted by molar-refractivity contribution is 0.529. The number of nitrogens with zero attached hydrogens (tertiary/aromatic N) is 1. The highest BCUT2D eigenvalue weighted by Gasteiger charge is 2.15. The first kappa shape index (κ1) is 15.9. The molecule has 0 saturated carbocycles. The Hall–Kier alpha value is -1.46. The lowest BCUT2D eigenvalue weighted by atomic mass is 10.1. The maximum absolute atomic E-state index is 5.96. The molecule has 0 aliphatic heterocycles. The summed E-state index contributed by atoms with van der Waals surface area (Å²) >= 11 is 7.02. The van der Waals surface area contributed by atoms with E-state index in [0.717, 1.165) is 34.2 Å². The molecule has 0 radical (unpaired) electrons. The second kappa shape index (κ2) is 7.00. The van der Waals surface area contributed by atoms with Gasteiger partial charge in [0.05, 0.1) is 6.26 Å². The van der Waals surface area contributed by atoms with Crippen LogP contribution in [0, 0.1) is 6.92 Å². The van der Waals surface area contributed by atoms with Crippen LogP contribution >= 0.6 is 24.0 Å². The van der Waals surface area contributed by atoms with Crippen molar-refractivity contribution >= 4 is 34.7 Å². The topological polar surface area (TPSA) is 42.4 Å². The molecule has 0 fully saturated rings. The molecule has 0 saturated heterocycles. The van der Waals surface area contributed by atoms with Gasteiger partial charge in [0, 0.05) is 35.3 Å². The molecule has 2 rings (SSSR count). The molecule has 0 unspecified atom stereocenters. The number of rotatable bonds is 6. The number of hydrogen-bond acceptors (Lipinski definition) is 4. The van der Waals surface area contributed by atoms with E-state index in [1.54, 1.807) is 18.0 Å². The van der Waals surface area contributed by atoms with Crippen LogP contribution in [0.3, 0.4) is 0 Å². The highest BCUT2D eigenvalue weighted by atomic mass is 32.2. The van der Waals surface area contributed by atoms with Gasteiger partial charge >= 0.3 is 0 Å². The zero-order valence-electron chi connectivity index (χ0n) is 12.6. The predicted octanol–water partition coefficient (Wildman–Crippen LogP) is 3.97. The van der Waals surface area contributed by atoms with Crippen LogP contribution in [-0.4, -0.2) is 17.8 Å². The van der Waals surface area contributed by atoms with Gasteiger partial charge < -0.3 is 15.1 Å². The number of hydrogen-bond donors (Lipinski definition) is 1. The Bertz CT molecular complexity index is 637. The molecule has 1 aromatic carbocycles. The van der Waals surface area contributed by atoms with Crippen LogP contribution in [0.15, 0.2) is 39.8 Å². The number of thioether (sulfide) groups is 1. The molecule has 5 heteroatoms. The molecule has 0 amide bonds. The van der Waals surface area contributed by atoms with Gasteiger partial charge in [-0.3, -0.25) is 0 Å². The fourth-order valence-corrected chi connectivity index (χ4v) is 3.40. The molecule has 0 aliphatic rings. The van der Waals surface area contributed by atoms with Gasteiger partial charge in [-0.05, 0) is 30.9 Å². The van der Waals surface area contributed by atoms with Crippen molar-refractivity contribution in [1.82, 2.24) is 0 Å². The Morgan fingerprint density at radius 2 is 2.14 bits per heavy atom. The molecular weight excluding hydrogens is 300 g/mol. The van der Waals surface area contributed by atoms with Crippen molar-refractivity contribution in [2.45, 2.75) is 25.3 Å². The average Bonchev–Trinajstić information content (AvgIpc) is 2.84. The van der Waals surface area contributed by atoms with Crippen molar-refractivity contribution in [2.75, 3.05) is 17.7 Å². The SMILES string of the molecule is CCSc1cccc(N(C)Cc2ccoc2C)c1C(N)=S. The van der Waals surface area contributed by atoms with Crippen molar-refractivity contribution in [3.63, 3.8) is 0 Å². The van der Waals surface area contributed by atoms with E-state index in [9.17, 15) is 0 Å². The van der Waals surface area contributed by atoms with Crippen molar-refractivity contribution in [3.8, 4) is 0 Å². The number of benzene rings is 1. The van der Waals surface area contributed by atoms with Crippen molar-refractivity contribution in [1.29, 1.82) is 0 Å². The Kier molecular flexibility index (Phi) is 5.31. The minimum absolute atomic E-state index is 0.442. The summed E-state index contributed by atoms with van der Waals surface area (Å²) < 4.78 is 5.36. The molecule has 0 bridgehead atoms. The maximum atomic E-state index is 5.96. The quantitative estimate of drug-likeness (QED) is 0.644. The fourth-order valence-electron chi connectivity index (χ4n) is 2.28. The van der Waals surface area contributed by atoms with Crippen molar-refractivity contribution in [2.24, 2.45) is 5.73 Å². The Balaban J connectivity index is 2.36. The molecule has 3 nitrogen and oxygen atoms in total. The van der Waals surface area contributed by atoms with E-state index in [0.29, 0.717) is 4.99 Å². The summed E-state index contributed by atoms with van der Waals surface area (Å²) in [5.74, 6) is 1.93. The summed E-state index contributed by atoms with van der Waals surface area (Å²) in [6.07, 6.45) is 1.72. The molecule has 1 heterocycles. The molecule has 0 aliphatic carbocycles. The zero-order valence-corrected chi connectivity index (χ0v) is 14.2. The first-order valence-corrected chi connectivity index (χ1v) is 8.23. The molecule has 0 spiro atoms. The second-order valence-corrected chi connectivity index (χ2v) is 6.55. The van der Waals surface area contributed by atoms with Crippen molar-refractivity contribution in [3.05, 3.63) is 47.4 Å². The van der Waals surface area contributed by atoms with Gasteiger partial charge in [-0.15, -0.1) is 11.8 Å². The minimum atomic E-state index is 0.442. The number of furan rings is 1. The largest absolute Gasteiger partial charge is 0.469 e. The van der Waals surface area contributed by atoms with E-state index in [1.807, 2.05) is 26.1 Å². The molecule has 1 aromatic heterocycles. The van der Waals surface area contributed by atoms with Crippen molar-refractivity contribution < 1.29 is 4.42 Å². The van der Waals surface area contributed by atoms with Crippen LogP contribution in [0.2, 0.25) is 0 Å². The fraction of sp³-hybridized carbons (Fsp3) is 0.312. The third-order valence-corrected chi connectivity index (χ3v) is 4.48. The summed E-state index contributed by atoms with van der Waals surface area (Å²) in [5.41, 5.74) is 9.14. The third kappa shape index (κ3) is 3.60. The zero-order chi connectivity index (χ0) is 15.4. The molecule has 112 valence electrons. The summed E-state index contributed by atoms with van der Waals surface area (Å²) in [5, 5.41) is 0. The number of aryl methyl sites for hydroxylation is 1. The standard InChI is InChI=1S/C16H20N2OS2/c1-4-21-14-7-5-6-13(15(14)16(17)20)18(3)10-12-8-9-19-11(12)2/h5-9H,4,10H2,1-3H3,(H2,17,20). The lowest BCUT2D eigenvalue weighted by Crippen LogP contribution is -2.22. The monoisotopic (exact) mass is 320 g/mol. The van der Waals surface area contributed by atoms with Crippen LogP contribution in [0.4, 0.5) is 5.69 Å². The van der Waals surface area contributed by atoms with E-state index in [2.05, 4.69) is 24.0 Å². The molecule has 2 aromatic rings. The van der Waals surface area contributed by atoms with Gasteiger partial charge in [-0.1, -0.05) is 25.2 Å². The van der Waals surface area contributed by atoms with Crippen LogP contribution in [0.1, 0.15) is 23.8 Å². The first-order chi connectivity index (χ1) is 10.0. The summed E-state index contributed by atoms with van der Waals surface area (Å²) in [6, 6.07) is 8.18. The third-order valence-electron chi connectivity index (χ3n) is 3.34. The van der Waals surface area contributed by atoms with E-state index in [4.69, 9.17) is 22.4 Å². The van der Waals surface area contributed by atoms with Gasteiger partial charge in [-0.2, -0.15) is 0 Å². The average molecular weight is 320 g/mol. The van der Waals surface area contributed by atoms with Gasteiger partial charge in [0.1, 0.15) is 10.7 Å². The smallest absolute Gasteiger partial charge is 0.107 e. The van der Waals surface area contributed by atoms with E-state index >= 15 is 0 Å². The summed E-state index contributed by atoms with van der Waals surface area (Å²) in [6.45, 7) is 4.86. The van der Waals surface area contributed by atoms with Crippen LogP contribution in [-0.2, 0) is 6.54 Å². The van der Waals surface area contributed by atoms with Crippen LogP contribution in [0.5, 0.6) is 0 Å². The first-order valence-electron chi connectivity index (χ1n) is 6.84. The van der Waals surface area contributed by atoms with Gasteiger partial charge in [0.15, 0.2) is 0 Å². The van der Waals surface area contributed by atoms with E-state index < -0.39 is 0 Å². The molecule has 0 atom stereocenters. The highest BCUT2D eigenvalue weighted by molar-refractivity contribution is 7.99. The van der Waals surface area contributed by atoms with E-state index in [1.165, 1.54) is 5.56 Å². The lowest BCUT2D eigenvalue weighted by Gasteiger charge is -2.23. The second-order valence-electron chi connectivity index (χ2n) is 4.81. The number of anilines is 1. The van der Waals surface area contributed by atoms with Crippen LogP contribution < -0.4 is 10.6 Å². The summed E-state index contributed by atoms with van der Waals surface area (Å²) in [4.78, 5) is 3.74. The summed E-state index contributed by atoms with van der Waals surface area (Å²) in [7, 11) is 2.05.